The first-order valence-corrected chi connectivity index (χ1v) is 7.62. The molecule has 3 fully saturated rings. The van der Waals surface area contributed by atoms with Gasteiger partial charge in [-0.05, 0) is 78.3 Å². The van der Waals surface area contributed by atoms with Crippen LogP contribution in [0, 0.1) is 23.7 Å². The minimum atomic E-state index is 0.907. The van der Waals surface area contributed by atoms with Gasteiger partial charge in [-0.2, -0.15) is 11.3 Å². The Hall–Kier alpha value is -0.340. The van der Waals surface area contributed by atoms with E-state index in [1.807, 2.05) is 11.3 Å². The largest absolute Gasteiger partial charge is 0.313 e. The molecule has 2 bridgehead atoms. The van der Waals surface area contributed by atoms with Gasteiger partial charge in [-0.25, -0.2) is 0 Å². The fourth-order valence-electron chi connectivity index (χ4n) is 4.42. The predicted octanol–water partition coefficient (Wildman–Crippen LogP) is 2.92. The third-order valence-corrected chi connectivity index (χ3v) is 5.84. The van der Waals surface area contributed by atoms with Crippen molar-refractivity contribution in [1.29, 1.82) is 0 Å². The van der Waals surface area contributed by atoms with Crippen molar-refractivity contribution in [2.24, 2.45) is 23.7 Å². The van der Waals surface area contributed by atoms with E-state index < -0.39 is 0 Å². The molecule has 16 heavy (non-hydrogen) atoms. The zero-order valence-electron chi connectivity index (χ0n) is 9.56. The number of fused-ring (bicyclic) bond motifs is 5. The lowest BCUT2D eigenvalue weighted by atomic mass is 10.0. The van der Waals surface area contributed by atoms with Crippen LogP contribution in [0.2, 0.25) is 0 Å². The normalized spacial score (nSPS) is 43.6. The van der Waals surface area contributed by atoms with Crippen LogP contribution in [-0.4, -0.2) is 12.6 Å². The molecule has 2 heteroatoms. The van der Waals surface area contributed by atoms with Crippen molar-refractivity contribution in [1.82, 2.24) is 5.32 Å². The smallest absolute Gasteiger partial charge is 0.0136 e. The average Bonchev–Trinajstić information content (AvgIpc) is 2.77. The molecule has 1 aromatic heterocycles. The molecule has 0 spiro atoms. The Morgan fingerprint density at radius 1 is 1.25 bits per heavy atom. The van der Waals surface area contributed by atoms with Gasteiger partial charge in [0.1, 0.15) is 0 Å². The van der Waals surface area contributed by atoms with Gasteiger partial charge in [-0.3, -0.25) is 0 Å². The Balaban J connectivity index is 1.29. The van der Waals surface area contributed by atoms with Crippen molar-refractivity contribution in [3.8, 4) is 0 Å². The van der Waals surface area contributed by atoms with Crippen LogP contribution in [-0.2, 0) is 6.42 Å². The molecular weight excluding hydrogens is 214 g/mol. The van der Waals surface area contributed by atoms with Crippen molar-refractivity contribution < 1.29 is 0 Å². The van der Waals surface area contributed by atoms with E-state index in [-0.39, 0.29) is 0 Å². The number of hydrogen-bond acceptors (Lipinski definition) is 2. The van der Waals surface area contributed by atoms with Crippen LogP contribution in [0.15, 0.2) is 16.8 Å². The second kappa shape index (κ2) is 3.58. The topological polar surface area (TPSA) is 12.0 Å². The van der Waals surface area contributed by atoms with Gasteiger partial charge in [0, 0.05) is 6.04 Å². The second-order valence-electron chi connectivity index (χ2n) is 5.85. The van der Waals surface area contributed by atoms with Crippen LogP contribution in [0.25, 0.3) is 0 Å². The summed E-state index contributed by atoms with van der Waals surface area (Å²) in [6.07, 6.45) is 5.86. The zero-order valence-corrected chi connectivity index (χ0v) is 10.4. The van der Waals surface area contributed by atoms with Crippen LogP contribution in [0.1, 0.15) is 24.8 Å². The maximum absolute atomic E-state index is 3.80. The molecule has 3 aliphatic carbocycles. The van der Waals surface area contributed by atoms with Gasteiger partial charge in [-0.15, -0.1) is 0 Å². The quantitative estimate of drug-likeness (QED) is 0.843. The Morgan fingerprint density at radius 3 is 2.75 bits per heavy atom. The van der Waals surface area contributed by atoms with E-state index >= 15 is 0 Å². The van der Waals surface area contributed by atoms with Crippen molar-refractivity contribution in [2.75, 3.05) is 6.54 Å². The summed E-state index contributed by atoms with van der Waals surface area (Å²) >= 11 is 1.81. The average molecular weight is 233 g/mol. The van der Waals surface area contributed by atoms with Crippen molar-refractivity contribution in [3.05, 3.63) is 22.4 Å². The monoisotopic (exact) mass is 233 g/mol. The van der Waals surface area contributed by atoms with Gasteiger partial charge in [0.15, 0.2) is 0 Å². The molecule has 0 aliphatic heterocycles. The van der Waals surface area contributed by atoms with Crippen LogP contribution in [0.5, 0.6) is 0 Å². The highest BCUT2D eigenvalue weighted by Gasteiger charge is 2.64. The third kappa shape index (κ3) is 1.39. The van der Waals surface area contributed by atoms with Gasteiger partial charge in [0.05, 0.1) is 0 Å². The zero-order chi connectivity index (χ0) is 10.5. The molecule has 4 unspecified atom stereocenters. The molecular formula is C14H19NS. The molecule has 1 N–H and O–H groups in total. The predicted molar refractivity (Wildman–Crippen MR) is 67.6 cm³/mol. The SMILES string of the molecule is c1cc(CCNC2C3C4CCC(C4)C23)cs1. The first-order valence-electron chi connectivity index (χ1n) is 6.68. The molecule has 0 aromatic carbocycles. The van der Waals surface area contributed by atoms with E-state index in [2.05, 4.69) is 22.1 Å². The maximum atomic E-state index is 3.80. The lowest BCUT2D eigenvalue weighted by Crippen LogP contribution is -2.25. The first kappa shape index (κ1) is 9.67. The number of rotatable bonds is 4. The summed E-state index contributed by atoms with van der Waals surface area (Å²) in [7, 11) is 0. The Kier molecular flexibility index (Phi) is 2.16. The summed E-state index contributed by atoms with van der Waals surface area (Å²) in [6, 6.07) is 3.16. The van der Waals surface area contributed by atoms with Gasteiger partial charge >= 0.3 is 0 Å². The molecule has 3 saturated carbocycles. The minimum absolute atomic E-state index is 0.907. The molecule has 3 aliphatic rings. The fraction of sp³-hybridized carbons (Fsp3) is 0.714. The molecule has 1 nitrogen and oxygen atoms in total. The molecule has 4 atom stereocenters. The molecule has 0 radical (unpaired) electrons. The van der Waals surface area contributed by atoms with Crippen LogP contribution in [0.4, 0.5) is 0 Å². The van der Waals surface area contributed by atoms with Gasteiger partial charge in [0.25, 0.3) is 0 Å². The van der Waals surface area contributed by atoms with Crippen molar-refractivity contribution in [3.63, 3.8) is 0 Å². The van der Waals surface area contributed by atoms with Crippen molar-refractivity contribution in [2.45, 2.75) is 31.7 Å². The molecule has 0 saturated heterocycles. The highest BCUT2D eigenvalue weighted by molar-refractivity contribution is 7.07. The molecule has 1 aromatic rings. The van der Waals surface area contributed by atoms with Gasteiger partial charge in [0.2, 0.25) is 0 Å². The summed E-state index contributed by atoms with van der Waals surface area (Å²) in [6.45, 7) is 1.19. The standard InChI is InChI=1S/C14H19NS/c1-2-11-7-10(1)12-13(11)14(12)15-5-3-9-4-6-16-8-9/h4,6,8,10-15H,1-3,5,7H2. The molecule has 4 rings (SSSR count). The van der Waals surface area contributed by atoms with Gasteiger partial charge < -0.3 is 5.32 Å². The van der Waals surface area contributed by atoms with Gasteiger partial charge in [-0.1, -0.05) is 0 Å². The Labute approximate surface area is 101 Å². The van der Waals surface area contributed by atoms with Crippen LogP contribution in [0.3, 0.4) is 0 Å². The third-order valence-electron chi connectivity index (χ3n) is 5.11. The lowest BCUT2D eigenvalue weighted by Gasteiger charge is -2.09. The van der Waals surface area contributed by atoms with E-state index in [0.29, 0.717) is 0 Å². The first-order chi connectivity index (χ1) is 7.93. The van der Waals surface area contributed by atoms with E-state index in [0.717, 1.165) is 29.7 Å². The number of thiophene rings is 1. The van der Waals surface area contributed by atoms with Crippen LogP contribution < -0.4 is 5.32 Å². The van der Waals surface area contributed by atoms with Crippen molar-refractivity contribution >= 4 is 11.3 Å². The summed E-state index contributed by atoms with van der Waals surface area (Å²) in [5.41, 5.74) is 1.51. The van der Waals surface area contributed by atoms with Crippen LogP contribution >= 0.6 is 11.3 Å². The minimum Gasteiger partial charge on any atom is -0.313 e. The molecule has 1 heterocycles. The fourth-order valence-corrected chi connectivity index (χ4v) is 5.12. The summed E-state index contributed by atoms with van der Waals surface area (Å²) < 4.78 is 0. The lowest BCUT2D eigenvalue weighted by molar-refractivity contribution is 0.456. The molecule has 86 valence electrons. The highest BCUT2D eigenvalue weighted by Crippen LogP contribution is 2.65. The number of nitrogens with one attached hydrogen (secondary N) is 1. The number of hydrogen-bond donors (Lipinski definition) is 1. The summed E-state index contributed by atoms with van der Waals surface area (Å²) in [5, 5.41) is 8.26. The van der Waals surface area contributed by atoms with E-state index in [9.17, 15) is 0 Å². The molecule has 0 amide bonds. The summed E-state index contributed by atoms with van der Waals surface area (Å²) in [5.74, 6) is 4.38. The summed E-state index contributed by atoms with van der Waals surface area (Å²) in [4.78, 5) is 0. The van der Waals surface area contributed by atoms with E-state index in [4.69, 9.17) is 0 Å². The Morgan fingerprint density at radius 2 is 2.06 bits per heavy atom. The van der Waals surface area contributed by atoms with E-state index in [1.54, 1.807) is 6.42 Å². The Bertz CT molecular complexity index is 356. The second-order valence-corrected chi connectivity index (χ2v) is 6.63. The van der Waals surface area contributed by atoms with E-state index in [1.165, 1.54) is 31.4 Å². The highest BCUT2D eigenvalue weighted by atomic mass is 32.1. The maximum Gasteiger partial charge on any atom is 0.0136 e.